The first-order valence-corrected chi connectivity index (χ1v) is 13.5. The standard InChI is InChI=1S/C26H42ClF3N2O3/c1-2-35-24(33)16-14-12-10-8-6-4-3-5-7-9-11-13-15-19-31-25(34)32-21-17-18-23(27)22(20-21)26(28,29)30/h17-18,20,22-23H,2-16,19H2,1H3,(H2,31,32,34). The molecule has 9 heteroatoms. The lowest BCUT2D eigenvalue weighted by Gasteiger charge is -2.24. The average Bonchev–Trinajstić information content (AvgIpc) is 2.79. The van der Waals surface area contributed by atoms with Crippen LogP contribution in [0.1, 0.15) is 96.8 Å². The molecule has 2 unspecified atom stereocenters. The quantitative estimate of drug-likeness (QED) is 0.111. The third-order valence-electron chi connectivity index (χ3n) is 5.95. The molecular weight excluding hydrogens is 481 g/mol. The van der Waals surface area contributed by atoms with Gasteiger partial charge in [0, 0.05) is 18.7 Å². The molecule has 0 heterocycles. The molecule has 2 amide bonds. The van der Waals surface area contributed by atoms with Gasteiger partial charge in [-0.1, -0.05) is 76.7 Å². The number of ether oxygens (including phenoxy) is 1. The van der Waals surface area contributed by atoms with Crippen LogP contribution in [0.2, 0.25) is 0 Å². The second-order valence-corrected chi connectivity index (χ2v) is 9.53. The van der Waals surface area contributed by atoms with Crippen molar-refractivity contribution in [1.29, 1.82) is 0 Å². The Bertz CT molecular complexity index is 669. The molecule has 35 heavy (non-hydrogen) atoms. The minimum atomic E-state index is -4.45. The molecule has 2 atom stereocenters. The summed E-state index contributed by atoms with van der Waals surface area (Å²) in [5, 5.41) is 3.97. The SMILES string of the molecule is CCOC(=O)CCCCCCCCCCCCCCCNC(=O)NC1=CC(C(F)(F)F)C(Cl)C=C1. The van der Waals surface area contributed by atoms with Gasteiger partial charge in [-0.3, -0.25) is 4.79 Å². The molecule has 0 aromatic heterocycles. The summed E-state index contributed by atoms with van der Waals surface area (Å²) in [6, 6.07) is -0.506. The van der Waals surface area contributed by atoms with Gasteiger partial charge in [-0.25, -0.2) is 4.79 Å². The van der Waals surface area contributed by atoms with Crippen molar-refractivity contribution < 1.29 is 27.5 Å². The fourth-order valence-electron chi connectivity index (χ4n) is 3.96. The topological polar surface area (TPSA) is 67.4 Å². The molecule has 0 saturated heterocycles. The molecule has 1 aliphatic carbocycles. The van der Waals surface area contributed by atoms with Gasteiger partial charge in [0.05, 0.1) is 17.9 Å². The van der Waals surface area contributed by atoms with Crippen LogP contribution in [-0.2, 0) is 9.53 Å². The van der Waals surface area contributed by atoms with E-state index in [1.165, 1.54) is 63.5 Å². The van der Waals surface area contributed by atoms with Gasteiger partial charge in [-0.2, -0.15) is 13.2 Å². The first kappa shape index (κ1) is 31.3. The van der Waals surface area contributed by atoms with Gasteiger partial charge in [-0.05, 0) is 31.9 Å². The average molecular weight is 523 g/mol. The number of allylic oxidation sites excluding steroid dienone is 3. The molecule has 0 bridgehead atoms. The molecule has 0 aliphatic heterocycles. The van der Waals surface area contributed by atoms with E-state index >= 15 is 0 Å². The molecule has 0 aromatic rings. The molecule has 5 nitrogen and oxygen atoms in total. The van der Waals surface area contributed by atoms with E-state index in [9.17, 15) is 22.8 Å². The predicted molar refractivity (Wildman–Crippen MR) is 134 cm³/mol. The predicted octanol–water partition coefficient (Wildman–Crippen LogP) is 7.55. The zero-order chi connectivity index (χ0) is 25.9. The van der Waals surface area contributed by atoms with Crippen molar-refractivity contribution >= 4 is 23.6 Å². The molecule has 0 radical (unpaired) electrons. The minimum absolute atomic E-state index is 0.0872. The molecular formula is C26H42ClF3N2O3. The van der Waals surface area contributed by atoms with Gasteiger partial charge in [0.15, 0.2) is 0 Å². The van der Waals surface area contributed by atoms with Gasteiger partial charge in [0.1, 0.15) is 0 Å². The van der Waals surface area contributed by atoms with Crippen LogP contribution in [0, 0.1) is 5.92 Å². The Morgan fingerprint density at radius 1 is 0.914 bits per heavy atom. The summed E-state index contributed by atoms with van der Waals surface area (Å²) in [5.74, 6) is -1.89. The lowest BCUT2D eigenvalue weighted by atomic mass is 9.98. The van der Waals surface area contributed by atoms with Crippen molar-refractivity contribution in [3.63, 3.8) is 0 Å². The molecule has 0 spiro atoms. The highest BCUT2D eigenvalue weighted by molar-refractivity contribution is 6.22. The van der Waals surface area contributed by atoms with Crippen molar-refractivity contribution in [2.24, 2.45) is 5.92 Å². The zero-order valence-electron chi connectivity index (χ0n) is 20.9. The number of amides is 2. The maximum atomic E-state index is 12.9. The fraction of sp³-hybridized carbons (Fsp3) is 0.769. The van der Waals surface area contributed by atoms with E-state index in [0.29, 0.717) is 19.6 Å². The summed E-state index contributed by atoms with van der Waals surface area (Å²) >= 11 is 5.70. The van der Waals surface area contributed by atoms with Gasteiger partial charge in [-0.15, -0.1) is 11.6 Å². The van der Waals surface area contributed by atoms with Crippen LogP contribution >= 0.6 is 11.6 Å². The van der Waals surface area contributed by atoms with Crippen LogP contribution in [0.5, 0.6) is 0 Å². The molecule has 202 valence electrons. The van der Waals surface area contributed by atoms with Gasteiger partial charge < -0.3 is 15.4 Å². The summed E-state index contributed by atoms with van der Waals surface area (Å²) in [6.45, 7) is 2.78. The first-order chi connectivity index (χ1) is 16.7. The summed E-state index contributed by atoms with van der Waals surface area (Å²) < 4.78 is 43.7. The number of hydrogen-bond acceptors (Lipinski definition) is 3. The van der Waals surface area contributed by atoms with Gasteiger partial charge in [0.25, 0.3) is 0 Å². The number of unbranched alkanes of at least 4 members (excludes halogenated alkanes) is 12. The number of alkyl halides is 4. The highest BCUT2D eigenvalue weighted by Crippen LogP contribution is 2.35. The highest BCUT2D eigenvalue weighted by Gasteiger charge is 2.43. The number of urea groups is 1. The van der Waals surface area contributed by atoms with Crippen molar-refractivity contribution in [2.75, 3.05) is 13.2 Å². The molecule has 2 N–H and O–H groups in total. The molecule has 1 rings (SSSR count). The lowest BCUT2D eigenvalue weighted by Crippen LogP contribution is -2.37. The Hall–Kier alpha value is -1.70. The summed E-state index contributed by atoms with van der Waals surface area (Å²) in [5.41, 5.74) is 0.107. The van der Waals surface area contributed by atoms with Crippen LogP contribution in [0.3, 0.4) is 0 Å². The van der Waals surface area contributed by atoms with Gasteiger partial charge >= 0.3 is 18.2 Å². The maximum absolute atomic E-state index is 12.9. The Morgan fingerprint density at radius 3 is 1.94 bits per heavy atom. The Balaban J connectivity index is 1.90. The number of rotatable bonds is 18. The van der Waals surface area contributed by atoms with Crippen LogP contribution < -0.4 is 10.6 Å². The number of nitrogens with one attached hydrogen (secondary N) is 2. The van der Waals surface area contributed by atoms with E-state index < -0.39 is 23.5 Å². The number of hydrogen-bond donors (Lipinski definition) is 2. The van der Waals surface area contributed by atoms with Crippen molar-refractivity contribution in [3.8, 4) is 0 Å². The van der Waals surface area contributed by atoms with Gasteiger partial charge in [0.2, 0.25) is 0 Å². The van der Waals surface area contributed by atoms with E-state index in [2.05, 4.69) is 10.6 Å². The van der Waals surface area contributed by atoms with E-state index in [-0.39, 0.29) is 11.7 Å². The number of carbonyl (C=O) groups excluding carboxylic acids is 2. The molecule has 0 saturated carbocycles. The highest BCUT2D eigenvalue weighted by atomic mass is 35.5. The summed E-state index contributed by atoms with van der Waals surface area (Å²) in [7, 11) is 0. The normalized spacial score (nSPS) is 17.7. The third kappa shape index (κ3) is 15.8. The summed E-state index contributed by atoms with van der Waals surface area (Å²) in [6.07, 6.45) is 14.5. The second-order valence-electron chi connectivity index (χ2n) is 9.03. The second kappa shape index (κ2) is 18.6. The monoisotopic (exact) mass is 522 g/mol. The maximum Gasteiger partial charge on any atom is 0.396 e. The molecule has 0 aromatic carbocycles. The van der Waals surface area contributed by atoms with Crippen molar-refractivity contribution in [1.82, 2.24) is 10.6 Å². The summed E-state index contributed by atoms with van der Waals surface area (Å²) in [4.78, 5) is 23.1. The lowest BCUT2D eigenvalue weighted by molar-refractivity contribution is -0.159. The van der Waals surface area contributed by atoms with E-state index in [4.69, 9.17) is 16.3 Å². The molecule has 0 fully saturated rings. The van der Waals surface area contributed by atoms with Crippen molar-refractivity contribution in [2.45, 2.75) is 108 Å². The van der Waals surface area contributed by atoms with Crippen LogP contribution in [0.4, 0.5) is 18.0 Å². The van der Waals surface area contributed by atoms with E-state index in [1.807, 2.05) is 6.92 Å². The van der Waals surface area contributed by atoms with Crippen LogP contribution in [0.15, 0.2) is 23.9 Å². The Kier molecular flexibility index (Phi) is 16.6. The smallest absolute Gasteiger partial charge is 0.396 e. The minimum Gasteiger partial charge on any atom is -0.466 e. The zero-order valence-corrected chi connectivity index (χ0v) is 21.7. The van der Waals surface area contributed by atoms with Crippen molar-refractivity contribution in [3.05, 3.63) is 23.9 Å². The Morgan fingerprint density at radius 2 is 1.43 bits per heavy atom. The van der Waals surface area contributed by atoms with E-state index in [1.54, 1.807) is 0 Å². The van der Waals surface area contributed by atoms with E-state index in [0.717, 1.165) is 38.2 Å². The van der Waals surface area contributed by atoms with Crippen LogP contribution in [0.25, 0.3) is 0 Å². The largest absolute Gasteiger partial charge is 0.466 e. The first-order valence-electron chi connectivity index (χ1n) is 13.0. The fourth-order valence-corrected chi connectivity index (χ4v) is 4.25. The van der Waals surface area contributed by atoms with Crippen LogP contribution in [-0.4, -0.2) is 36.7 Å². The Labute approximate surface area is 213 Å². The number of carbonyl (C=O) groups is 2. The molecule has 1 aliphatic rings. The third-order valence-corrected chi connectivity index (χ3v) is 6.36. The number of halogens is 4. The number of esters is 1.